The molecule has 0 N–H and O–H groups in total. The number of ether oxygens (including phenoxy) is 1. The predicted molar refractivity (Wildman–Crippen MR) is 47.5 cm³/mol. The predicted octanol–water partition coefficient (Wildman–Crippen LogP) is 1.17. The minimum Gasteiger partial charge on any atom is -0.371 e. The van der Waals surface area contributed by atoms with Crippen LogP contribution in [0.4, 0.5) is 0 Å². The Kier molecular flexibility index (Phi) is 2.72. The van der Waals surface area contributed by atoms with Gasteiger partial charge in [-0.2, -0.15) is 0 Å². The maximum absolute atomic E-state index is 10.3. The second kappa shape index (κ2) is 3.62. The number of carbonyl (C=O) groups is 1. The third-order valence-electron chi connectivity index (χ3n) is 1.86. The van der Waals surface area contributed by atoms with Crippen molar-refractivity contribution in [3.63, 3.8) is 0 Å². The molecular weight excluding hydrogens is 168 g/mol. The Bertz CT molecular complexity index is 293. The summed E-state index contributed by atoms with van der Waals surface area (Å²) in [6.07, 6.45) is 3.68. The Labute approximate surface area is 77.0 Å². The van der Waals surface area contributed by atoms with Gasteiger partial charge in [0.1, 0.15) is 5.60 Å². The van der Waals surface area contributed by atoms with E-state index in [1.807, 2.05) is 13.8 Å². The molecule has 4 heteroatoms. The van der Waals surface area contributed by atoms with Crippen molar-refractivity contribution < 1.29 is 9.53 Å². The van der Waals surface area contributed by atoms with Gasteiger partial charge in [0, 0.05) is 19.5 Å². The van der Waals surface area contributed by atoms with Crippen LogP contribution in [0.5, 0.6) is 0 Å². The summed E-state index contributed by atoms with van der Waals surface area (Å²) in [6, 6.07) is 0. The van der Waals surface area contributed by atoms with E-state index in [-0.39, 0.29) is 0 Å². The lowest BCUT2D eigenvalue weighted by Crippen LogP contribution is -2.22. The van der Waals surface area contributed by atoms with Crippen LogP contribution in [0.3, 0.4) is 0 Å². The van der Waals surface area contributed by atoms with Crippen LogP contribution in [0.25, 0.3) is 0 Å². The molecule has 1 rings (SSSR count). The summed E-state index contributed by atoms with van der Waals surface area (Å²) in [4.78, 5) is 18.4. The summed E-state index contributed by atoms with van der Waals surface area (Å²) in [6.45, 7) is 3.73. The van der Waals surface area contributed by atoms with E-state index in [1.54, 1.807) is 7.11 Å². The van der Waals surface area contributed by atoms with E-state index < -0.39 is 5.60 Å². The number of hydrogen-bond donors (Lipinski definition) is 0. The largest absolute Gasteiger partial charge is 0.371 e. The zero-order chi connectivity index (χ0) is 9.90. The normalized spacial score (nSPS) is 11.3. The van der Waals surface area contributed by atoms with Crippen LogP contribution in [0.2, 0.25) is 0 Å². The summed E-state index contributed by atoms with van der Waals surface area (Å²) in [5.74, 6) is 0.570. The first-order chi connectivity index (χ1) is 6.10. The molecule has 0 fully saturated rings. The van der Waals surface area contributed by atoms with Crippen molar-refractivity contribution in [3.8, 4) is 0 Å². The van der Waals surface area contributed by atoms with Gasteiger partial charge in [-0.05, 0) is 13.8 Å². The number of aldehydes is 1. The molecule has 0 amide bonds. The number of aromatic nitrogens is 2. The fourth-order valence-corrected chi connectivity index (χ4v) is 0.801. The molecular formula is C9H12N2O2. The molecule has 1 heterocycles. The van der Waals surface area contributed by atoms with Crippen molar-refractivity contribution in [2.75, 3.05) is 7.11 Å². The zero-order valence-corrected chi connectivity index (χ0v) is 7.94. The van der Waals surface area contributed by atoms with Crippen molar-refractivity contribution in [1.29, 1.82) is 0 Å². The van der Waals surface area contributed by atoms with Gasteiger partial charge in [0.05, 0.1) is 5.56 Å². The maximum atomic E-state index is 10.3. The second-order valence-electron chi connectivity index (χ2n) is 3.17. The maximum Gasteiger partial charge on any atom is 0.159 e. The van der Waals surface area contributed by atoms with Gasteiger partial charge in [-0.1, -0.05) is 0 Å². The van der Waals surface area contributed by atoms with Gasteiger partial charge < -0.3 is 4.74 Å². The Morgan fingerprint density at radius 3 is 2.31 bits per heavy atom. The van der Waals surface area contributed by atoms with E-state index in [2.05, 4.69) is 9.97 Å². The van der Waals surface area contributed by atoms with Crippen LogP contribution >= 0.6 is 0 Å². The summed E-state index contributed by atoms with van der Waals surface area (Å²) in [7, 11) is 1.59. The minimum atomic E-state index is -0.512. The average molecular weight is 180 g/mol. The SMILES string of the molecule is COC(C)(C)c1ncc(C=O)cn1. The Hall–Kier alpha value is -1.29. The van der Waals surface area contributed by atoms with Crippen molar-refractivity contribution in [3.05, 3.63) is 23.8 Å². The monoisotopic (exact) mass is 180 g/mol. The standard InChI is InChI=1S/C9H12N2O2/c1-9(2,13-3)8-10-4-7(6-12)5-11-8/h4-6H,1-3H3. The summed E-state index contributed by atoms with van der Waals surface area (Å²) >= 11 is 0. The first kappa shape index (κ1) is 9.80. The highest BCUT2D eigenvalue weighted by atomic mass is 16.5. The van der Waals surface area contributed by atoms with Gasteiger partial charge in [-0.15, -0.1) is 0 Å². The minimum absolute atomic E-state index is 0.468. The molecule has 70 valence electrons. The highest BCUT2D eigenvalue weighted by Crippen LogP contribution is 2.18. The highest BCUT2D eigenvalue weighted by molar-refractivity contribution is 5.73. The van der Waals surface area contributed by atoms with E-state index in [0.29, 0.717) is 17.7 Å². The smallest absolute Gasteiger partial charge is 0.159 e. The van der Waals surface area contributed by atoms with Crippen LogP contribution in [0.1, 0.15) is 30.0 Å². The molecule has 0 radical (unpaired) electrons. The number of carbonyl (C=O) groups excluding carboxylic acids is 1. The molecule has 0 aliphatic heterocycles. The molecule has 1 aromatic heterocycles. The fourth-order valence-electron chi connectivity index (χ4n) is 0.801. The van der Waals surface area contributed by atoms with Crippen LogP contribution in [-0.2, 0) is 10.3 Å². The number of rotatable bonds is 3. The Morgan fingerprint density at radius 1 is 1.38 bits per heavy atom. The van der Waals surface area contributed by atoms with Crippen molar-refractivity contribution in [2.24, 2.45) is 0 Å². The second-order valence-corrected chi connectivity index (χ2v) is 3.17. The third-order valence-corrected chi connectivity index (χ3v) is 1.86. The molecule has 0 aliphatic rings. The van der Waals surface area contributed by atoms with E-state index in [0.717, 1.165) is 0 Å². The zero-order valence-electron chi connectivity index (χ0n) is 7.94. The lowest BCUT2D eigenvalue weighted by atomic mass is 10.1. The highest BCUT2D eigenvalue weighted by Gasteiger charge is 2.22. The van der Waals surface area contributed by atoms with E-state index >= 15 is 0 Å². The van der Waals surface area contributed by atoms with E-state index in [4.69, 9.17) is 4.74 Å². The number of methoxy groups -OCH3 is 1. The average Bonchev–Trinajstić information content (AvgIpc) is 2.18. The van der Waals surface area contributed by atoms with Crippen LogP contribution in [0.15, 0.2) is 12.4 Å². The molecule has 0 unspecified atom stereocenters. The quantitative estimate of drug-likeness (QED) is 0.655. The van der Waals surface area contributed by atoms with Crippen molar-refractivity contribution >= 4 is 6.29 Å². The van der Waals surface area contributed by atoms with Gasteiger partial charge in [0.15, 0.2) is 12.1 Å². The van der Waals surface area contributed by atoms with E-state index in [1.165, 1.54) is 12.4 Å². The van der Waals surface area contributed by atoms with Gasteiger partial charge in [-0.3, -0.25) is 4.79 Å². The van der Waals surface area contributed by atoms with Crippen molar-refractivity contribution in [2.45, 2.75) is 19.4 Å². The molecule has 1 aromatic rings. The summed E-state index contributed by atoms with van der Waals surface area (Å²) < 4.78 is 5.18. The molecule has 0 aromatic carbocycles. The van der Waals surface area contributed by atoms with Gasteiger partial charge >= 0.3 is 0 Å². The Balaban J connectivity index is 2.98. The molecule has 4 nitrogen and oxygen atoms in total. The van der Waals surface area contributed by atoms with Gasteiger partial charge in [-0.25, -0.2) is 9.97 Å². The first-order valence-corrected chi connectivity index (χ1v) is 3.93. The van der Waals surface area contributed by atoms with Gasteiger partial charge in [0.25, 0.3) is 0 Å². The van der Waals surface area contributed by atoms with E-state index in [9.17, 15) is 4.79 Å². The summed E-state index contributed by atoms with van der Waals surface area (Å²) in [5, 5.41) is 0. The molecule has 13 heavy (non-hydrogen) atoms. The molecule has 0 spiro atoms. The molecule has 0 atom stereocenters. The summed E-state index contributed by atoms with van der Waals surface area (Å²) in [5.41, 5.74) is -0.0443. The molecule has 0 aliphatic carbocycles. The number of hydrogen-bond acceptors (Lipinski definition) is 4. The first-order valence-electron chi connectivity index (χ1n) is 3.93. The van der Waals surface area contributed by atoms with Gasteiger partial charge in [0.2, 0.25) is 0 Å². The third kappa shape index (κ3) is 2.09. The fraction of sp³-hybridized carbons (Fsp3) is 0.444. The Morgan fingerprint density at radius 2 is 1.92 bits per heavy atom. The van der Waals surface area contributed by atoms with Crippen LogP contribution in [-0.4, -0.2) is 23.4 Å². The van der Waals surface area contributed by atoms with Crippen LogP contribution in [0, 0.1) is 0 Å². The van der Waals surface area contributed by atoms with Crippen LogP contribution < -0.4 is 0 Å². The molecule has 0 saturated carbocycles. The van der Waals surface area contributed by atoms with Crippen molar-refractivity contribution in [1.82, 2.24) is 9.97 Å². The lowest BCUT2D eigenvalue weighted by Gasteiger charge is -2.20. The molecule has 0 bridgehead atoms. The lowest BCUT2D eigenvalue weighted by molar-refractivity contribution is 0.0114. The molecule has 0 saturated heterocycles. The topological polar surface area (TPSA) is 52.1 Å². The number of nitrogens with zero attached hydrogens (tertiary/aromatic N) is 2.